The van der Waals surface area contributed by atoms with Gasteiger partial charge in [0.1, 0.15) is 30.0 Å². The molecule has 260 valence electrons. The molecule has 1 heterocycles. The zero-order chi connectivity index (χ0) is 36.2. The van der Waals surface area contributed by atoms with E-state index in [-0.39, 0.29) is 34.4 Å². The van der Waals surface area contributed by atoms with Crippen LogP contribution in [0.3, 0.4) is 0 Å². The fourth-order valence-electron chi connectivity index (χ4n) is 5.89. The number of aliphatic hydroxyl groups is 2. The van der Waals surface area contributed by atoms with Crippen LogP contribution in [-0.4, -0.2) is 80.7 Å². The Morgan fingerprint density at radius 1 is 1.08 bits per heavy atom. The number of phenols is 1. The summed E-state index contributed by atoms with van der Waals surface area (Å²) in [5.74, 6) is -7.99. The van der Waals surface area contributed by atoms with Crippen LogP contribution in [0.25, 0.3) is 11.1 Å². The Balaban J connectivity index is 1.93. The number of allylic oxidation sites excluding steroid dienone is 1. The van der Waals surface area contributed by atoms with Gasteiger partial charge in [-0.25, -0.2) is 0 Å². The Labute approximate surface area is 281 Å². The number of carbonyl (C=O) groups is 7. The summed E-state index contributed by atoms with van der Waals surface area (Å²) in [6.07, 6.45) is -0.854. The number of rotatable bonds is 8. The first-order chi connectivity index (χ1) is 23.1. The maximum Gasteiger partial charge on any atom is 0.288 e. The second kappa shape index (κ2) is 14.8. The van der Waals surface area contributed by atoms with Gasteiger partial charge in [-0.2, -0.15) is 0 Å². The highest BCUT2D eigenvalue weighted by Crippen LogP contribution is 2.44. The van der Waals surface area contributed by atoms with Gasteiger partial charge >= 0.3 is 0 Å². The van der Waals surface area contributed by atoms with Crippen molar-refractivity contribution in [3.63, 3.8) is 0 Å². The number of fused-ring (bicyclic) bond motifs is 3. The lowest BCUT2D eigenvalue weighted by Gasteiger charge is -2.34. The van der Waals surface area contributed by atoms with Gasteiger partial charge in [-0.3, -0.25) is 33.6 Å². The molecule has 0 saturated carbocycles. The molecule has 5 amide bonds. The van der Waals surface area contributed by atoms with Gasteiger partial charge in [0.25, 0.3) is 5.91 Å². The Morgan fingerprint density at radius 2 is 1.80 bits per heavy atom. The van der Waals surface area contributed by atoms with E-state index >= 15 is 0 Å². The number of Topliss-reactive ketones (excluding diaryl/α,β-unsaturated/α-hetero) is 2. The summed E-state index contributed by atoms with van der Waals surface area (Å²) in [7, 11) is 0. The molecule has 1 aliphatic heterocycles. The molecule has 0 fully saturated rings. The van der Waals surface area contributed by atoms with Gasteiger partial charge in [-0.1, -0.05) is 44.2 Å². The zero-order valence-corrected chi connectivity index (χ0v) is 27.1. The first-order valence-electron chi connectivity index (χ1n) is 15.7. The summed E-state index contributed by atoms with van der Waals surface area (Å²) in [6.45, 7) is 4.81. The molecule has 0 aromatic heterocycles. The standard InChI is InChI=1S/C34H39N5O10/c1-4-11-36-32(47)27-29(44)34(49)21-8-6-7-18(19(21)14-25(34)41)20-12-17(9-10-24(20)40)13-22(38-33(48)28(43)16(3)5-2)30(45)37-23(15-26(35)42)31(46)39-27/h4,6-12,16,22-23,27,29,40,44,49H,5,13-15H2,1-3H3,(H2,35,42)(H,36,47)(H,37,45)(H,38,48)(H,39,46)/b11-4-/t16-,22-,23?,27-,29+,34+/m0/s1. The van der Waals surface area contributed by atoms with Crippen LogP contribution >= 0.6 is 0 Å². The monoisotopic (exact) mass is 677 g/mol. The number of benzene rings is 2. The van der Waals surface area contributed by atoms with Crippen LogP contribution in [0.5, 0.6) is 5.75 Å². The molecule has 2 aromatic carbocycles. The topological polar surface area (TPSA) is 254 Å². The predicted octanol–water partition coefficient (Wildman–Crippen LogP) is -1.12. The summed E-state index contributed by atoms with van der Waals surface area (Å²) in [4.78, 5) is 92.0. The summed E-state index contributed by atoms with van der Waals surface area (Å²) in [6, 6.07) is 3.35. The SMILES string of the molecule is C/C=C\NC(=O)[C@H]1NC(=O)C(CC(N)=O)NC(=O)[C@@H](NC(=O)C(=O)[C@@H](C)CC)Cc2ccc(O)c(c2)-c2cccc3c2CC(=O)[C@@]3(O)[C@@H]1O. The van der Waals surface area contributed by atoms with E-state index in [1.54, 1.807) is 26.8 Å². The number of hydrogen-bond donors (Lipinski definition) is 8. The largest absolute Gasteiger partial charge is 0.507 e. The molecule has 9 N–H and O–H groups in total. The molecule has 6 bridgehead atoms. The second-order valence-corrected chi connectivity index (χ2v) is 12.1. The summed E-state index contributed by atoms with van der Waals surface area (Å²) < 4.78 is 0. The van der Waals surface area contributed by atoms with Crippen LogP contribution in [0.1, 0.15) is 50.3 Å². The van der Waals surface area contributed by atoms with Gasteiger partial charge in [0.2, 0.25) is 29.4 Å². The van der Waals surface area contributed by atoms with Gasteiger partial charge in [0.05, 0.1) is 6.42 Å². The lowest BCUT2D eigenvalue weighted by Crippen LogP contribution is -2.64. The van der Waals surface area contributed by atoms with Crippen LogP contribution in [0, 0.1) is 5.92 Å². The molecule has 49 heavy (non-hydrogen) atoms. The minimum atomic E-state index is -2.72. The number of nitrogens with two attached hydrogens (primary N) is 1. The third kappa shape index (κ3) is 7.37. The minimum absolute atomic E-state index is 0.0758. The lowest BCUT2D eigenvalue weighted by atomic mass is 9.83. The molecular weight excluding hydrogens is 638 g/mol. The van der Waals surface area contributed by atoms with Gasteiger partial charge < -0.3 is 42.3 Å². The maximum atomic E-state index is 13.7. The number of aromatic hydroxyl groups is 1. The van der Waals surface area contributed by atoms with Crippen LogP contribution in [0.2, 0.25) is 0 Å². The van der Waals surface area contributed by atoms with Crippen molar-refractivity contribution in [2.45, 2.75) is 76.3 Å². The Hall–Kier alpha value is -5.41. The zero-order valence-electron chi connectivity index (χ0n) is 27.1. The molecule has 1 unspecified atom stereocenters. The number of phenolic OH excluding ortho intramolecular Hbond substituents is 1. The molecule has 0 spiro atoms. The number of aliphatic hydroxyl groups excluding tert-OH is 1. The highest BCUT2D eigenvalue weighted by atomic mass is 16.4. The number of ketones is 2. The summed E-state index contributed by atoms with van der Waals surface area (Å²) in [5.41, 5.74) is 3.63. The quantitative estimate of drug-likeness (QED) is 0.156. The molecule has 6 atom stereocenters. The Bertz CT molecular complexity index is 1740. The van der Waals surface area contributed by atoms with E-state index in [9.17, 15) is 48.9 Å². The van der Waals surface area contributed by atoms with Crippen molar-refractivity contribution in [1.29, 1.82) is 0 Å². The average molecular weight is 678 g/mol. The first-order valence-corrected chi connectivity index (χ1v) is 15.7. The molecule has 2 aliphatic rings. The normalized spacial score (nSPS) is 24.5. The maximum absolute atomic E-state index is 13.7. The molecule has 15 nitrogen and oxygen atoms in total. The number of nitrogens with one attached hydrogen (secondary N) is 4. The minimum Gasteiger partial charge on any atom is -0.507 e. The van der Waals surface area contributed by atoms with Crippen LogP contribution in [-0.2, 0) is 52.0 Å². The molecule has 15 heteroatoms. The van der Waals surface area contributed by atoms with E-state index in [4.69, 9.17) is 5.73 Å². The Morgan fingerprint density at radius 3 is 2.45 bits per heavy atom. The van der Waals surface area contributed by atoms with Crippen LogP contribution in [0.4, 0.5) is 0 Å². The predicted molar refractivity (Wildman–Crippen MR) is 173 cm³/mol. The third-order valence-corrected chi connectivity index (χ3v) is 8.80. The highest BCUT2D eigenvalue weighted by molar-refractivity contribution is 6.37. The summed E-state index contributed by atoms with van der Waals surface area (Å²) >= 11 is 0. The number of carbonyl (C=O) groups excluding carboxylic acids is 7. The second-order valence-electron chi connectivity index (χ2n) is 12.1. The van der Waals surface area contributed by atoms with Crippen molar-refractivity contribution in [3.8, 4) is 16.9 Å². The molecule has 0 radical (unpaired) electrons. The molecule has 1 aliphatic carbocycles. The van der Waals surface area contributed by atoms with Crippen molar-refractivity contribution in [3.05, 3.63) is 65.4 Å². The van der Waals surface area contributed by atoms with Gasteiger partial charge in [-0.05, 0) is 53.9 Å². The highest BCUT2D eigenvalue weighted by Gasteiger charge is 2.55. The van der Waals surface area contributed by atoms with E-state index < -0.39 is 89.7 Å². The number of amides is 5. The van der Waals surface area contributed by atoms with Gasteiger partial charge in [0, 0.05) is 24.3 Å². The lowest BCUT2D eigenvalue weighted by molar-refractivity contribution is -0.157. The first kappa shape index (κ1) is 36.4. The van der Waals surface area contributed by atoms with Gasteiger partial charge in [-0.15, -0.1) is 0 Å². The van der Waals surface area contributed by atoms with Crippen molar-refractivity contribution in [1.82, 2.24) is 21.3 Å². The summed E-state index contributed by atoms with van der Waals surface area (Å²) in [5, 5.41) is 43.7. The molecular formula is C34H39N5O10. The van der Waals surface area contributed by atoms with E-state index in [1.165, 1.54) is 42.6 Å². The molecule has 2 aromatic rings. The van der Waals surface area contributed by atoms with Crippen molar-refractivity contribution < 1.29 is 48.9 Å². The number of hydrogen-bond acceptors (Lipinski definition) is 10. The average Bonchev–Trinajstić information content (AvgIpc) is 3.34. The third-order valence-electron chi connectivity index (χ3n) is 8.80. The fraction of sp³-hybridized carbons (Fsp3) is 0.382. The van der Waals surface area contributed by atoms with E-state index in [1.807, 2.05) is 0 Å². The van der Waals surface area contributed by atoms with Crippen LogP contribution < -0.4 is 27.0 Å². The number of primary amides is 1. The Kier molecular flexibility index (Phi) is 11.0. The van der Waals surface area contributed by atoms with Crippen molar-refractivity contribution in [2.75, 3.05) is 0 Å². The van der Waals surface area contributed by atoms with Crippen molar-refractivity contribution in [2.24, 2.45) is 11.7 Å². The molecule has 4 rings (SSSR count). The van der Waals surface area contributed by atoms with Gasteiger partial charge in [0.15, 0.2) is 11.4 Å². The van der Waals surface area contributed by atoms with E-state index in [2.05, 4.69) is 21.3 Å². The fourth-order valence-corrected chi connectivity index (χ4v) is 5.89. The van der Waals surface area contributed by atoms with Crippen LogP contribution in [0.15, 0.2) is 48.7 Å². The van der Waals surface area contributed by atoms with Crippen molar-refractivity contribution >= 4 is 41.1 Å². The smallest absolute Gasteiger partial charge is 0.288 e. The van der Waals surface area contributed by atoms with E-state index in [0.717, 1.165) is 0 Å². The van der Waals surface area contributed by atoms with E-state index in [0.29, 0.717) is 12.0 Å². The molecule has 0 saturated heterocycles.